The van der Waals surface area contributed by atoms with Crippen LogP contribution >= 0.6 is 8.60 Å². The second kappa shape index (κ2) is 17.0. The topological polar surface area (TPSA) is 189 Å². The van der Waals surface area contributed by atoms with E-state index in [2.05, 4.69) is 13.2 Å². The minimum absolute atomic E-state index is 0.0796. The number of carbonyl (C=O) groups is 6. The Labute approximate surface area is 234 Å². The smallest absolute Gasteiger partial charge is 0.333 e. The van der Waals surface area contributed by atoms with Crippen LogP contribution in [0.4, 0.5) is 0 Å². The van der Waals surface area contributed by atoms with Gasteiger partial charge in [0.2, 0.25) is 0 Å². The van der Waals surface area contributed by atoms with Crippen molar-refractivity contribution in [2.45, 2.75) is 89.9 Å². The molecule has 40 heavy (non-hydrogen) atoms. The van der Waals surface area contributed by atoms with Crippen molar-refractivity contribution in [1.29, 1.82) is 0 Å². The minimum Gasteiger partial charge on any atom is -0.461 e. The normalized spacial score (nSPS) is 15.4. The highest BCUT2D eigenvalue weighted by atomic mass is 31.2. The third-order valence-corrected chi connectivity index (χ3v) is 6.81. The molecule has 0 radical (unpaired) electrons. The SMILES string of the molecule is C=C(C)C(=O)OC(CC)(COC(=O)CCC=O)C(C)(OP(O)O)C(CC)(COC(=O)CCC=O)OC(=O)C(=C)C. The van der Waals surface area contributed by atoms with Crippen molar-refractivity contribution >= 4 is 45.1 Å². The molecule has 0 amide bonds. The summed E-state index contributed by atoms with van der Waals surface area (Å²) in [5.41, 5.74) is -6.68. The van der Waals surface area contributed by atoms with Crippen LogP contribution in [0.2, 0.25) is 0 Å². The first-order valence-corrected chi connectivity index (χ1v) is 13.6. The van der Waals surface area contributed by atoms with E-state index in [9.17, 15) is 38.6 Å². The fraction of sp³-hybridized carbons (Fsp3) is 0.615. The van der Waals surface area contributed by atoms with Crippen LogP contribution < -0.4 is 0 Å². The summed E-state index contributed by atoms with van der Waals surface area (Å²) < 4.78 is 27.8. The molecule has 0 heterocycles. The fourth-order valence-electron chi connectivity index (χ4n) is 3.72. The van der Waals surface area contributed by atoms with Crippen molar-refractivity contribution < 1.29 is 62.0 Å². The Kier molecular flexibility index (Phi) is 15.7. The van der Waals surface area contributed by atoms with E-state index in [-0.39, 0.29) is 49.7 Å². The summed E-state index contributed by atoms with van der Waals surface area (Å²) in [4.78, 5) is 92.0. The molecule has 0 aromatic carbocycles. The Morgan fingerprint density at radius 2 is 1.12 bits per heavy atom. The zero-order chi connectivity index (χ0) is 31.1. The summed E-state index contributed by atoms with van der Waals surface area (Å²) in [7, 11) is -3.28. The highest BCUT2D eigenvalue weighted by Gasteiger charge is 2.67. The van der Waals surface area contributed by atoms with Crippen molar-refractivity contribution in [2.75, 3.05) is 13.2 Å². The average Bonchev–Trinajstić information content (AvgIpc) is 2.89. The van der Waals surface area contributed by atoms with Crippen LogP contribution in [0.1, 0.15) is 73.1 Å². The monoisotopic (exact) mass is 590 g/mol. The van der Waals surface area contributed by atoms with Gasteiger partial charge in [-0.3, -0.25) is 14.1 Å². The van der Waals surface area contributed by atoms with Crippen molar-refractivity contribution in [2.24, 2.45) is 0 Å². The van der Waals surface area contributed by atoms with Crippen LogP contribution in [-0.4, -0.2) is 76.3 Å². The minimum atomic E-state index is -3.28. The van der Waals surface area contributed by atoms with Crippen molar-refractivity contribution in [3.63, 3.8) is 0 Å². The van der Waals surface area contributed by atoms with Gasteiger partial charge in [-0.15, -0.1) is 0 Å². The van der Waals surface area contributed by atoms with E-state index in [0.717, 1.165) is 0 Å². The molecular weight excluding hydrogens is 551 g/mol. The van der Waals surface area contributed by atoms with E-state index >= 15 is 0 Å². The van der Waals surface area contributed by atoms with Gasteiger partial charge in [0.15, 0.2) is 16.8 Å². The van der Waals surface area contributed by atoms with Gasteiger partial charge in [0.05, 0.1) is 12.8 Å². The third kappa shape index (κ3) is 9.88. The number of aldehydes is 2. The number of ether oxygens (including phenoxy) is 4. The van der Waals surface area contributed by atoms with Crippen LogP contribution in [0, 0.1) is 0 Å². The predicted octanol–water partition coefficient (Wildman–Crippen LogP) is 2.55. The van der Waals surface area contributed by atoms with Gasteiger partial charge >= 0.3 is 32.5 Å². The van der Waals surface area contributed by atoms with Crippen LogP contribution in [0.3, 0.4) is 0 Å². The highest BCUT2D eigenvalue weighted by Crippen LogP contribution is 2.51. The van der Waals surface area contributed by atoms with Gasteiger partial charge < -0.3 is 38.3 Å². The first-order valence-electron chi connectivity index (χ1n) is 12.4. The summed E-state index contributed by atoms with van der Waals surface area (Å²) in [5, 5.41) is 0. The molecule has 0 aliphatic rings. The molecule has 13 nitrogen and oxygen atoms in total. The fourth-order valence-corrected chi connectivity index (χ4v) is 4.38. The maximum absolute atomic E-state index is 12.9. The second-order valence-corrected chi connectivity index (χ2v) is 9.83. The molecule has 0 aromatic heterocycles. The zero-order valence-corrected chi connectivity index (χ0v) is 24.5. The summed E-state index contributed by atoms with van der Waals surface area (Å²) in [6.07, 6.45) is -0.351. The molecule has 0 rings (SSSR count). The van der Waals surface area contributed by atoms with Gasteiger partial charge in [-0.2, -0.15) is 0 Å². The maximum atomic E-state index is 12.9. The van der Waals surface area contributed by atoms with E-state index < -0.39 is 62.5 Å². The summed E-state index contributed by atoms with van der Waals surface area (Å²) in [6, 6.07) is 0. The lowest BCUT2D eigenvalue weighted by Crippen LogP contribution is -2.72. The lowest BCUT2D eigenvalue weighted by Gasteiger charge is -2.54. The Morgan fingerprint density at radius 3 is 1.38 bits per heavy atom. The lowest BCUT2D eigenvalue weighted by molar-refractivity contribution is -0.267. The summed E-state index contributed by atoms with van der Waals surface area (Å²) >= 11 is 0. The van der Waals surface area contributed by atoms with Crippen molar-refractivity contribution in [3.8, 4) is 0 Å². The lowest BCUT2D eigenvalue weighted by atomic mass is 9.69. The molecule has 2 atom stereocenters. The third-order valence-electron chi connectivity index (χ3n) is 6.28. The molecule has 2 unspecified atom stereocenters. The molecule has 0 aromatic rings. The van der Waals surface area contributed by atoms with Crippen LogP contribution in [0.5, 0.6) is 0 Å². The second-order valence-electron chi connectivity index (χ2n) is 9.14. The number of carbonyl (C=O) groups excluding carboxylic acids is 6. The van der Waals surface area contributed by atoms with E-state index in [1.54, 1.807) is 0 Å². The predicted molar refractivity (Wildman–Crippen MR) is 141 cm³/mol. The van der Waals surface area contributed by atoms with Gasteiger partial charge in [0.25, 0.3) is 0 Å². The van der Waals surface area contributed by atoms with Gasteiger partial charge in [0, 0.05) is 24.0 Å². The largest absolute Gasteiger partial charge is 0.461 e. The number of rotatable bonds is 20. The molecular formula is C26H39O13P. The molecule has 0 spiro atoms. The van der Waals surface area contributed by atoms with E-state index in [1.807, 2.05) is 0 Å². The van der Waals surface area contributed by atoms with Crippen molar-refractivity contribution in [3.05, 3.63) is 24.3 Å². The summed E-state index contributed by atoms with van der Waals surface area (Å²) in [6.45, 7) is 12.5. The van der Waals surface area contributed by atoms with Crippen LogP contribution in [0.15, 0.2) is 24.3 Å². The standard InChI is InChI=1S/C26H39O13P/c1-8-25(37-22(31)18(3)4,16-35-20(29)12-10-14-27)24(7,39-40(33)34)26(9-2,38-23(32)19(5)6)17-36-21(30)13-11-15-28/h14-15,33-34H,3,5,8-13,16-17H2,1-2,4,6-7H3. The molecule has 0 bridgehead atoms. The van der Waals surface area contributed by atoms with E-state index in [0.29, 0.717) is 12.6 Å². The Morgan fingerprint density at radius 1 is 0.775 bits per heavy atom. The molecule has 0 aliphatic carbocycles. The first-order chi connectivity index (χ1) is 18.6. The molecule has 14 heteroatoms. The maximum Gasteiger partial charge on any atom is 0.333 e. The average molecular weight is 591 g/mol. The molecule has 0 saturated carbocycles. The zero-order valence-electron chi connectivity index (χ0n) is 23.6. The van der Waals surface area contributed by atoms with Gasteiger partial charge in [-0.25, -0.2) is 9.59 Å². The van der Waals surface area contributed by atoms with Crippen LogP contribution in [-0.2, 0) is 52.2 Å². The van der Waals surface area contributed by atoms with E-state index in [1.165, 1.54) is 34.6 Å². The Bertz CT molecular complexity index is 892. The van der Waals surface area contributed by atoms with Crippen molar-refractivity contribution in [1.82, 2.24) is 0 Å². The highest BCUT2D eigenvalue weighted by molar-refractivity contribution is 7.39. The Hall–Kier alpha value is -2.99. The quantitative estimate of drug-likeness (QED) is 0.0692. The van der Waals surface area contributed by atoms with E-state index in [4.69, 9.17) is 23.5 Å². The number of hydrogen-bond acceptors (Lipinski definition) is 13. The molecule has 0 saturated heterocycles. The number of hydrogen-bond donors (Lipinski definition) is 2. The molecule has 0 fully saturated rings. The molecule has 2 N–H and O–H groups in total. The molecule has 0 aliphatic heterocycles. The number of esters is 4. The van der Waals surface area contributed by atoms with Gasteiger partial charge in [-0.05, 0) is 33.6 Å². The van der Waals surface area contributed by atoms with Crippen LogP contribution in [0.25, 0.3) is 0 Å². The molecule has 226 valence electrons. The van der Waals surface area contributed by atoms with Gasteiger partial charge in [0.1, 0.15) is 25.8 Å². The first kappa shape index (κ1) is 37.0. The van der Waals surface area contributed by atoms with Gasteiger partial charge in [-0.1, -0.05) is 27.0 Å². The summed E-state index contributed by atoms with van der Waals surface area (Å²) in [5.74, 6) is -3.68. The Balaban J connectivity index is 7.29.